The van der Waals surface area contributed by atoms with Crippen LogP contribution < -0.4 is 10.1 Å². The van der Waals surface area contributed by atoms with Crippen LogP contribution >= 0.6 is 0 Å². The molecule has 0 aliphatic heterocycles. The van der Waals surface area contributed by atoms with Crippen LogP contribution in [0.25, 0.3) is 0 Å². The maximum Gasteiger partial charge on any atom is 0.408 e. The van der Waals surface area contributed by atoms with Gasteiger partial charge >= 0.3 is 6.09 Å². The quantitative estimate of drug-likeness (QED) is 0.848. The summed E-state index contributed by atoms with van der Waals surface area (Å²) in [6.07, 6.45) is 3.05. The maximum atomic E-state index is 11.9. The number of nitrogens with one attached hydrogen (secondary N) is 1. The summed E-state index contributed by atoms with van der Waals surface area (Å²) in [6.45, 7) is 5.41. The Labute approximate surface area is 131 Å². The van der Waals surface area contributed by atoms with Gasteiger partial charge in [0.2, 0.25) is 0 Å². The molecule has 1 unspecified atom stereocenters. The van der Waals surface area contributed by atoms with Gasteiger partial charge < -0.3 is 14.8 Å². The number of hydrogen-bond donors (Lipinski definition) is 1. The second-order valence-electron chi connectivity index (χ2n) is 5.79. The average molecular weight is 302 g/mol. The third-order valence-electron chi connectivity index (χ3n) is 2.72. The standard InChI is InChI=1S/C17H22N2O3/c1-17(2,3)22-16(20)19-14(6-5-11-18)12-13-7-9-15(21-4)10-8-13/h5-10,14H,12H2,1-4H3,(H,19,20). The van der Waals surface area contributed by atoms with Crippen molar-refractivity contribution < 1.29 is 14.3 Å². The number of methoxy groups -OCH3 is 1. The SMILES string of the molecule is COc1ccc(CC(C=CC#N)NC(=O)OC(C)(C)C)cc1. The van der Waals surface area contributed by atoms with Crippen LogP contribution in [0.1, 0.15) is 26.3 Å². The lowest BCUT2D eigenvalue weighted by atomic mass is 10.1. The normalized spacial score (nSPS) is 12.5. The lowest BCUT2D eigenvalue weighted by molar-refractivity contribution is 0.0514. The summed E-state index contributed by atoms with van der Waals surface area (Å²) in [5.41, 5.74) is 0.456. The molecule has 1 aromatic carbocycles. The van der Waals surface area contributed by atoms with Crippen molar-refractivity contribution in [3.05, 3.63) is 42.0 Å². The van der Waals surface area contributed by atoms with E-state index in [2.05, 4.69) is 5.32 Å². The molecule has 0 bridgehead atoms. The van der Waals surface area contributed by atoms with E-state index in [-0.39, 0.29) is 6.04 Å². The van der Waals surface area contributed by atoms with Crippen LogP contribution in [0.2, 0.25) is 0 Å². The molecule has 0 fully saturated rings. The van der Waals surface area contributed by atoms with Gasteiger partial charge in [0.1, 0.15) is 11.4 Å². The highest BCUT2D eigenvalue weighted by atomic mass is 16.6. The Morgan fingerprint density at radius 3 is 2.50 bits per heavy atom. The number of carbonyl (C=O) groups is 1. The summed E-state index contributed by atoms with van der Waals surface area (Å²) in [6, 6.07) is 9.16. The monoisotopic (exact) mass is 302 g/mol. The molecule has 0 spiro atoms. The molecule has 0 heterocycles. The van der Waals surface area contributed by atoms with E-state index in [1.807, 2.05) is 30.3 Å². The Morgan fingerprint density at radius 1 is 1.36 bits per heavy atom. The minimum Gasteiger partial charge on any atom is -0.497 e. The molecule has 22 heavy (non-hydrogen) atoms. The van der Waals surface area contributed by atoms with Crippen molar-refractivity contribution in [2.24, 2.45) is 0 Å². The summed E-state index contributed by atoms with van der Waals surface area (Å²) in [4.78, 5) is 11.9. The van der Waals surface area contributed by atoms with Crippen LogP contribution in [-0.2, 0) is 11.2 Å². The number of rotatable bonds is 5. The number of carbonyl (C=O) groups excluding carboxylic acids is 1. The second kappa shape index (κ2) is 8.08. The first-order valence-electron chi connectivity index (χ1n) is 7.03. The molecule has 0 aromatic heterocycles. The Kier molecular flexibility index (Phi) is 6.46. The third-order valence-corrected chi connectivity index (χ3v) is 2.72. The molecule has 1 atom stereocenters. The zero-order valence-electron chi connectivity index (χ0n) is 13.4. The molecular weight excluding hydrogens is 280 g/mol. The fraction of sp³-hybridized carbons (Fsp3) is 0.412. The van der Waals surface area contributed by atoms with Gasteiger partial charge in [-0.3, -0.25) is 0 Å². The summed E-state index contributed by atoms with van der Waals surface area (Å²) < 4.78 is 10.3. The molecule has 0 saturated heterocycles. The number of benzene rings is 1. The van der Waals surface area contributed by atoms with Crippen LogP contribution in [0.3, 0.4) is 0 Å². The van der Waals surface area contributed by atoms with Crippen LogP contribution in [0, 0.1) is 11.3 Å². The van der Waals surface area contributed by atoms with Gasteiger partial charge in [-0.15, -0.1) is 0 Å². The van der Waals surface area contributed by atoms with Gasteiger partial charge in [-0.2, -0.15) is 5.26 Å². The van der Waals surface area contributed by atoms with E-state index in [0.29, 0.717) is 6.42 Å². The number of amides is 1. The van der Waals surface area contributed by atoms with Gasteiger partial charge in [0.05, 0.1) is 19.2 Å². The molecule has 1 aromatic rings. The molecule has 0 aliphatic rings. The molecule has 118 valence electrons. The van der Waals surface area contributed by atoms with E-state index in [1.54, 1.807) is 34.0 Å². The fourth-order valence-electron chi connectivity index (χ4n) is 1.80. The summed E-state index contributed by atoms with van der Waals surface area (Å²) in [5.74, 6) is 0.771. The molecule has 1 N–H and O–H groups in total. The fourth-order valence-corrected chi connectivity index (χ4v) is 1.80. The highest BCUT2D eigenvalue weighted by Gasteiger charge is 2.18. The van der Waals surface area contributed by atoms with Crippen LogP contribution in [0.4, 0.5) is 4.79 Å². The molecule has 5 nitrogen and oxygen atoms in total. The van der Waals surface area contributed by atoms with E-state index in [0.717, 1.165) is 11.3 Å². The van der Waals surface area contributed by atoms with Gasteiger partial charge in [0, 0.05) is 6.08 Å². The summed E-state index contributed by atoms with van der Waals surface area (Å²) in [5, 5.41) is 11.4. The van der Waals surface area contributed by atoms with Crippen LogP contribution in [0.5, 0.6) is 5.75 Å². The first-order chi connectivity index (χ1) is 10.3. The van der Waals surface area contributed by atoms with Crippen molar-refractivity contribution in [1.29, 1.82) is 5.26 Å². The Balaban J connectivity index is 2.73. The van der Waals surface area contributed by atoms with Crippen LogP contribution in [-0.4, -0.2) is 24.8 Å². The van der Waals surface area contributed by atoms with Crippen LogP contribution in [0.15, 0.2) is 36.4 Å². The van der Waals surface area contributed by atoms with Gasteiger partial charge in [-0.1, -0.05) is 18.2 Å². The Hall–Kier alpha value is -2.48. The van der Waals surface area contributed by atoms with E-state index in [9.17, 15) is 4.79 Å². The maximum absolute atomic E-state index is 11.9. The zero-order chi connectivity index (χ0) is 16.6. The topological polar surface area (TPSA) is 71.3 Å². The molecule has 1 rings (SSSR count). The van der Waals surface area contributed by atoms with Gasteiger partial charge in [0.25, 0.3) is 0 Å². The second-order valence-corrected chi connectivity index (χ2v) is 5.79. The predicted molar refractivity (Wildman–Crippen MR) is 84.6 cm³/mol. The van der Waals surface area contributed by atoms with Crippen molar-refractivity contribution in [2.45, 2.75) is 38.8 Å². The smallest absolute Gasteiger partial charge is 0.408 e. The molecule has 0 aliphatic carbocycles. The van der Waals surface area contributed by atoms with E-state index >= 15 is 0 Å². The first-order valence-corrected chi connectivity index (χ1v) is 7.03. The minimum atomic E-state index is -0.562. The Bertz CT molecular complexity index is 551. The van der Waals surface area contributed by atoms with Gasteiger partial charge in [0.15, 0.2) is 0 Å². The molecule has 0 saturated carbocycles. The van der Waals surface area contributed by atoms with Crippen molar-refractivity contribution in [3.8, 4) is 11.8 Å². The number of ether oxygens (including phenoxy) is 2. The summed E-state index contributed by atoms with van der Waals surface area (Å²) in [7, 11) is 1.61. The lowest BCUT2D eigenvalue weighted by Crippen LogP contribution is -2.39. The summed E-state index contributed by atoms with van der Waals surface area (Å²) >= 11 is 0. The minimum absolute atomic E-state index is 0.317. The number of hydrogen-bond acceptors (Lipinski definition) is 4. The van der Waals surface area contributed by atoms with E-state index < -0.39 is 11.7 Å². The highest BCUT2D eigenvalue weighted by Crippen LogP contribution is 2.13. The number of allylic oxidation sites excluding steroid dienone is 1. The average Bonchev–Trinajstić information content (AvgIpc) is 2.43. The van der Waals surface area contributed by atoms with Crippen molar-refractivity contribution in [2.75, 3.05) is 7.11 Å². The molecule has 1 amide bonds. The molecule has 0 radical (unpaired) electrons. The van der Waals surface area contributed by atoms with E-state index in [4.69, 9.17) is 14.7 Å². The molecule has 5 heteroatoms. The highest BCUT2D eigenvalue weighted by molar-refractivity contribution is 5.68. The largest absolute Gasteiger partial charge is 0.497 e. The zero-order valence-corrected chi connectivity index (χ0v) is 13.4. The molecular formula is C17H22N2O3. The van der Waals surface area contributed by atoms with Crippen molar-refractivity contribution in [1.82, 2.24) is 5.32 Å². The van der Waals surface area contributed by atoms with Crippen molar-refractivity contribution >= 4 is 6.09 Å². The third kappa shape index (κ3) is 6.80. The van der Waals surface area contributed by atoms with Gasteiger partial charge in [-0.05, 0) is 44.9 Å². The Morgan fingerprint density at radius 2 is 2.00 bits per heavy atom. The van der Waals surface area contributed by atoms with Crippen molar-refractivity contribution in [3.63, 3.8) is 0 Å². The number of alkyl carbamates (subject to hydrolysis) is 1. The lowest BCUT2D eigenvalue weighted by Gasteiger charge is -2.22. The number of nitriles is 1. The van der Waals surface area contributed by atoms with E-state index in [1.165, 1.54) is 6.08 Å². The number of nitrogens with zero attached hydrogens (tertiary/aromatic N) is 1. The first kappa shape index (κ1) is 17.6. The van der Waals surface area contributed by atoms with Gasteiger partial charge in [-0.25, -0.2) is 4.79 Å². The predicted octanol–water partition coefficient (Wildman–Crippen LogP) is 3.21.